The van der Waals surface area contributed by atoms with Crippen LogP contribution in [0, 0.1) is 5.82 Å². The van der Waals surface area contributed by atoms with Crippen LogP contribution in [0.2, 0.25) is 11.8 Å². The van der Waals surface area contributed by atoms with E-state index in [0.29, 0.717) is 36.9 Å². The van der Waals surface area contributed by atoms with Crippen molar-refractivity contribution in [3.63, 3.8) is 0 Å². The summed E-state index contributed by atoms with van der Waals surface area (Å²) in [7, 11) is 3.77. The molecule has 46 heavy (non-hydrogen) atoms. The highest BCUT2D eigenvalue weighted by Crippen LogP contribution is 2.33. The summed E-state index contributed by atoms with van der Waals surface area (Å²) >= 11 is 7.00. The third kappa shape index (κ3) is 17.0. The first-order chi connectivity index (χ1) is 21.9. The molecule has 1 aromatic carbocycles. The Morgan fingerprint density at radius 3 is 2.41 bits per heavy atom. The minimum absolute atomic E-state index is 0.0425. The van der Waals surface area contributed by atoms with Crippen LogP contribution in [0.25, 0.3) is 0 Å². The highest BCUT2D eigenvalue weighted by atomic mass is 35.5. The number of alkyl halides is 3. The van der Waals surface area contributed by atoms with E-state index in [1.54, 1.807) is 51.7 Å². The fraction of sp³-hybridized carbons (Fsp3) is 0.543. The molecular formula is C35H53BClF4N4S. The van der Waals surface area contributed by atoms with Gasteiger partial charge in [-0.3, -0.25) is 9.98 Å². The first kappa shape index (κ1) is 43.7. The summed E-state index contributed by atoms with van der Waals surface area (Å²) in [6.45, 7) is 18.8. The van der Waals surface area contributed by atoms with Crippen LogP contribution in [-0.2, 0) is 0 Å². The molecule has 2 atom stereocenters. The Balaban J connectivity index is 0.000000865. The van der Waals surface area contributed by atoms with E-state index >= 15 is 0 Å². The van der Waals surface area contributed by atoms with Crippen LogP contribution in [0.4, 0.5) is 17.6 Å². The van der Waals surface area contributed by atoms with Crippen molar-refractivity contribution in [3.8, 4) is 0 Å². The lowest BCUT2D eigenvalue weighted by Gasteiger charge is -2.29. The summed E-state index contributed by atoms with van der Waals surface area (Å²) in [5, 5.41) is 5.88. The van der Waals surface area contributed by atoms with Crippen molar-refractivity contribution in [1.29, 1.82) is 0 Å². The fourth-order valence-electron chi connectivity index (χ4n) is 4.58. The molecule has 0 saturated carbocycles. The molecule has 1 aromatic rings. The molecule has 1 fully saturated rings. The second kappa shape index (κ2) is 24.8. The zero-order chi connectivity index (χ0) is 35.1. The molecule has 1 N–H and O–H groups in total. The van der Waals surface area contributed by atoms with Crippen LogP contribution in [-0.4, -0.2) is 62.1 Å². The van der Waals surface area contributed by atoms with E-state index in [9.17, 15) is 17.6 Å². The number of hydrogen-bond acceptors (Lipinski definition) is 5. The van der Waals surface area contributed by atoms with Gasteiger partial charge in [0, 0.05) is 60.1 Å². The number of halogens is 5. The van der Waals surface area contributed by atoms with Gasteiger partial charge < -0.3 is 10.1 Å². The number of allylic oxidation sites excluding steroid dienone is 3. The van der Waals surface area contributed by atoms with Crippen LogP contribution in [0.3, 0.4) is 0 Å². The molecule has 3 rings (SSSR count). The van der Waals surface area contributed by atoms with E-state index in [1.807, 2.05) is 58.6 Å². The highest BCUT2D eigenvalue weighted by molar-refractivity contribution is 8.06. The van der Waals surface area contributed by atoms with Gasteiger partial charge in [0.25, 0.3) is 0 Å². The third-order valence-corrected chi connectivity index (χ3v) is 7.57. The maximum atomic E-state index is 13.1. The molecule has 0 spiro atoms. The average molecular weight is 684 g/mol. The average Bonchev–Trinajstić information content (AvgIpc) is 3.43. The van der Waals surface area contributed by atoms with Gasteiger partial charge in [-0.2, -0.15) is 0 Å². The summed E-state index contributed by atoms with van der Waals surface area (Å²) in [6.07, 6.45) is 7.47. The van der Waals surface area contributed by atoms with E-state index < -0.39 is 12.1 Å². The van der Waals surface area contributed by atoms with Gasteiger partial charge in [-0.1, -0.05) is 95.5 Å². The number of thioether (sulfide) groups is 1. The van der Waals surface area contributed by atoms with Crippen LogP contribution < -0.4 is 5.23 Å². The minimum Gasteiger partial charge on any atom is -0.356 e. The Bertz CT molecular complexity index is 1160. The molecule has 1 saturated heterocycles. The predicted octanol–water partition coefficient (Wildman–Crippen LogP) is 10.9. The lowest BCUT2D eigenvalue weighted by Crippen LogP contribution is -2.37. The first-order valence-corrected chi connectivity index (χ1v) is 17.3. The van der Waals surface area contributed by atoms with Gasteiger partial charge in [0.2, 0.25) is 13.3 Å². The zero-order valence-electron chi connectivity index (χ0n) is 28.9. The van der Waals surface area contributed by atoms with Gasteiger partial charge in [-0.05, 0) is 50.0 Å². The number of hydrogen-bond donors (Lipinski definition) is 1. The number of benzene rings is 1. The predicted molar refractivity (Wildman–Crippen MR) is 196 cm³/mol. The van der Waals surface area contributed by atoms with Crippen molar-refractivity contribution < 1.29 is 17.6 Å². The summed E-state index contributed by atoms with van der Waals surface area (Å²) < 4.78 is 50.1. The first-order valence-electron chi connectivity index (χ1n) is 16.0. The number of fused-ring (bicyclic) bond motifs is 1. The number of amidine groups is 1. The molecule has 2 aliphatic rings. The van der Waals surface area contributed by atoms with E-state index in [1.165, 1.54) is 17.8 Å². The Morgan fingerprint density at radius 1 is 1.28 bits per heavy atom. The van der Waals surface area contributed by atoms with Gasteiger partial charge in [-0.15, -0.1) is 0 Å². The molecule has 0 bridgehead atoms. The lowest BCUT2D eigenvalue weighted by atomic mass is 9.96. The van der Waals surface area contributed by atoms with Crippen molar-refractivity contribution >= 4 is 42.3 Å². The van der Waals surface area contributed by atoms with Gasteiger partial charge in [0.1, 0.15) is 17.8 Å². The summed E-state index contributed by atoms with van der Waals surface area (Å²) in [4.78, 5) is 12.5. The van der Waals surface area contributed by atoms with Crippen molar-refractivity contribution in [2.24, 2.45) is 9.98 Å². The van der Waals surface area contributed by atoms with Crippen molar-refractivity contribution in [2.75, 3.05) is 20.1 Å². The van der Waals surface area contributed by atoms with Crippen LogP contribution in [0.5, 0.6) is 0 Å². The van der Waals surface area contributed by atoms with E-state index in [-0.39, 0.29) is 18.7 Å². The van der Waals surface area contributed by atoms with Crippen LogP contribution >= 0.6 is 23.4 Å². The van der Waals surface area contributed by atoms with Crippen molar-refractivity contribution in [2.45, 2.75) is 105 Å². The van der Waals surface area contributed by atoms with Crippen LogP contribution in [0.1, 0.15) is 80.1 Å². The molecule has 11 heteroatoms. The number of nitrogens with zero attached hydrogens (tertiary/aromatic N) is 3. The molecule has 0 aliphatic carbocycles. The second-order valence-corrected chi connectivity index (χ2v) is 11.8. The SMILES string of the molecule is C=C(S/C=C\C)C1=NCC(C(/C=C\CC(C)F)=NC)=C2CC(N[B]C)CN12.CC.CCCC(F)(F)CCC.Fc1cccc(Cl)c1. The zero-order valence-corrected chi connectivity index (χ0v) is 30.4. The molecular weight excluding hydrogens is 631 g/mol. The standard InChI is InChI=1S/C20H29BFN4S.C7H14F2.C6H4ClF.C2H6/c1-6-10-27-15(3)20-24-12-17(18(23-5)9-7-8-14(2)22)19-11-16(25-21-4)13-26(19)20;1-3-5-7(8,9)6-4-2;7-5-2-1-3-6(8)4-5;1-2/h6-7,9-10,14,16,25H,3,8,11-13H2,1-2,4-5H3;3-6H2,1-2H3;1-4H;1-2H3/b9-7-,10-6-,23-18?;;;. The molecule has 1 radical (unpaired) electrons. The maximum absolute atomic E-state index is 13.1. The Hall–Kier alpha value is -2.30. The Kier molecular flexibility index (Phi) is 23.6. The fourth-order valence-corrected chi connectivity index (χ4v) is 5.34. The molecule has 0 aromatic heterocycles. The van der Waals surface area contributed by atoms with Gasteiger partial charge in [0.05, 0.1) is 12.3 Å². The molecule has 0 amide bonds. The molecule has 2 unspecified atom stereocenters. The Labute approximate surface area is 285 Å². The minimum atomic E-state index is -2.40. The molecule has 2 aliphatic heterocycles. The smallest absolute Gasteiger partial charge is 0.248 e. The summed E-state index contributed by atoms with van der Waals surface area (Å²) in [6, 6.07) is 6.14. The molecule has 4 nitrogen and oxygen atoms in total. The van der Waals surface area contributed by atoms with E-state index in [0.717, 1.165) is 35.0 Å². The molecule has 2 heterocycles. The monoisotopic (exact) mass is 683 g/mol. The van der Waals surface area contributed by atoms with Gasteiger partial charge in [0.15, 0.2) is 0 Å². The number of nitrogens with one attached hydrogen (secondary N) is 1. The highest BCUT2D eigenvalue weighted by Gasteiger charge is 2.35. The third-order valence-electron chi connectivity index (χ3n) is 6.46. The summed E-state index contributed by atoms with van der Waals surface area (Å²) in [5.74, 6) is -1.75. The topological polar surface area (TPSA) is 40.0 Å². The van der Waals surface area contributed by atoms with E-state index in [4.69, 9.17) is 16.6 Å². The largest absolute Gasteiger partial charge is 0.356 e. The van der Waals surface area contributed by atoms with E-state index in [2.05, 4.69) is 21.7 Å². The molecule has 257 valence electrons. The maximum Gasteiger partial charge on any atom is 0.248 e. The lowest BCUT2D eigenvalue weighted by molar-refractivity contribution is -0.0173. The van der Waals surface area contributed by atoms with Crippen LogP contribution in [0.15, 0.2) is 80.6 Å². The summed E-state index contributed by atoms with van der Waals surface area (Å²) in [5.41, 5.74) is 3.24. The van der Waals surface area contributed by atoms with Gasteiger partial charge >= 0.3 is 0 Å². The van der Waals surface area contributed by atoms with Crippen molar-refractivity contribution in [1.82, 2.24) is 10.1 Å². The van der Waals surface area contributed by atoms with Crippen molar-refractivity contribution in [3.05, 3.63) is 81.5 Å². The number of rotatable bonds is 13. The number of aliphatic imine (C=N–C) groups is 2. The quantitative estimate of drug-likeness (QED) is 0.128. The second-order valence-electron chi connectivity index (χ2n) is 10.4. The normalized spacial score (nSPS) is 16.9. The Morgan fingerprint density at radius 2 is 1.93 bits per heavy atom. The van der Waals surface area contributed by atoms with Gasteiger partial charge in [-0.25, -0.2) is 17.6 Å².